The lowest BCUT2D eigenvalue weighted by atomic mass is 9.50. The van der Waals surface area contributed by atoms with Crippen LogP contribution in [-0.2, 0) is 4.74 Å². The molecule has 3 nitrogen and oxygen atoms in total. The van der Waals surface area contributed by atoms with Crippen molar-refractivity contribution in [2.24, 2.45) is 23.2 Å². The summed E-state index contributed by atoms with van der Waals surface area (Å²) in [7, 11) is 3.50. The molecule has 0 spiro atoms. The van der Waals surface area contributed by atoms with Gasteiger partial charge in [-0.25, -0.2) is 4.79 Å². The standard InChI is InChI=1S/C14H23NO2/c1-15(2)13(16)17-9-14-6-10-3-11(7-14)5-12(4-10)8-14/h10-12H,3-9H2,1-2H3. The highest BCUT2D eigenvalue weighted by molar-refractivity contribution is 5.66. The first-order chi connectivity index (χ1) is 8.06. The zero-order valence-electron chi connectivity index (χ0n) is 10.9. The molecule has 4 saturated carbocycles. The van der Waals surface area contributed by atoms with Crippen LogP contribution in [0.3, 0.4) is 0 Å². The fourth-order valence-corrected chi connectivity index (χ4v) is 4.81. The molecule has 4 aliphatic carbocycles. The van der Waals surface area contributed by atoms with Crippen molar-refractivity contribution >= 4 is 6.09 Å². The average molecular weight is 237 g/mol. The molecule has 0 radical (unpaired) electrons. The van der Waals surface area contributed by atoms with Crippen molar-refractivity contribution in [1.82, 2.24) is 4.90 Å². The second-order valence-electron chi connectivity index (χ2n) is 6.87. The maximum atomic E-state index is 11.5. The summed E-state index contributed by atoms with van der Waals surface area (Å²) in [6.45, 7) is 0.660. The molecular weight excluding hydrogens is 214 g/mol. The van der Waals surface area contributed by atoms with Crippen LogP contribution in [0.15, 0.2) is 0 Å². The van der Waals surface area contributed by atoms with Gasteiger partial charge in [-0.1, -0.05) is 0 Å². The molecule has 17 heavy (non-hydrogen) atoms. The first-order valence-corrected chi connectivity index (χ1v) is 6.90. The highest BCUT2D eigenvalue weighted by atomic mass is 16.6. The van der Waals surface area contributed by atoms with Gasteiger partial charge in [0.2, 0.25) is 0 Å². The molecule has 0 aromatic rings. The van der Waals surface area contributed by atoms with Crippen molar-refractivity contribution < 1.29 is 9.53 Å². The SMILES string of the molecule is CN(C)C(=O)OCC12CC3CC(CC(C3)C1)C2. The highest BCUT2D eigenvalue weighted by Crippen LogP contribution is 2.60. The van der Waals surface area contributed by atoms with Gasteiger partial charge in [-0.3, -0.25) is 0 Å². The zero-order valence-corrected chi connectivity index (χ0v) is 10.9. The van der Waals surface area contributed by atoms with E-state index in [0.717, 1.165) is 17.8 Å². The van der Waals surface area contributed by atoms with E-state index in [-0.39, 0.29) is 6.09 Å². The van der Waals surface area contributed by atoms with Gasteiger partial charge >= 0.3 is 6.09 Å². The van der Waals surface area contributed by atoms with E-state index in [9.17, 15) is 4.79 Å². The van der Waals surface area contributed by atoms with Gasteiger partial charge in [0.25, 0.3) is 0 Å². The minimum atomic E-state index is -0.180. The summed E-state index contributed by atoms with van der Waals surface area (Å²) in [6.07, 6.45) is 8.07. The maximum Gasteiger partial charge on any atom is 0.409 e. The molecule has 4 bridgehead atoms. The largest absolute Gasteiger partial charge is 0.449 e. The highest BCUT2D eigenvalue weighted by Gasteiger charge is 2.51. The van der Waals surface area contributed by atoms with Gasteiger partial charge in [-0.2, -0.15) is 0 Å². The summed E-state index contributed by atoms with van der Waals surface area (Å²) < 4.78 is 5.48. The maximum absolute atomic E-state index is 11.5. The minimum Gasteiger partial charge on any atom is -0.449 e. The summed E-state index contributed by atoms with van der Waals surface area (Å²) in [5.74, 6) is 2.79. The quantitative estimate of drug-likeness (QED) is 0.739. The summed E-state index contributed by atoms with van der Waals surface area (Å²) in [6, 6.07) is 0. The van der Waals surface area contributed by atoms with Gasteiger partial charge in [0.15, 0.2) is 0 Å². The zero-order chi connectivity index (χ0) is 12.0. The van der Waals surface area contributed by atoms with Gasteiger partial charge < -0.3 is 9.64 Å². The molecule has 96 valence electrons. The van der Waals surface area contributed by atoms with Crippen molar-refractivity contribution in [3.8, 4) is 0 Å². The van der Waals surface area contributed by atoms with Gasteiger partial charge in [-0.15, -0.1) is 0 Å². The van der Waals surface area contributed by atoms with E-state index in [4.69, 9.17) is 4.74 Å². The molecule has 0 unspecified atom stereocenters. The molecule has 0 atom stereocenters. The van der Waals surface area contributed by atoms with E-state index in [1.165, 1.54) is 43.4 Å². The summed E-state index contributed by atoms with van der Waals surface area (Å²) >= 11 is 0. The molecule has 0 N–H and O–H groups in total. The van der Waals surface area contributed by atoms with Gasteiger partial charge in [0, 0.05) is 19.5 Å². The van der Waals surface area contributed by atoms with Crippen molar-refractivity contribution in [3.05, 3.63) is 0 Å². The van der Waals surface area contributed by atoms with E-state index >= 15 is 0 Å². The van der Waals surface area contributed by atoms with Crippen molar-refractivity contribution in [2.45, 2.75) is 38.5 Å². The van der Waals surface area contributed by atoms with E-state index in [2.05, 4.69) is 0 Å². The molecule has 4 fully saturated rings. The molecule has 0 heterocycles. The third-order valence-electron chi connectivity index (χ3n) is 5.03. The lowest BCUT2D eigenvalue weighted by Gasteiger charge is -2.56. The molecule has 1 amide bonds. The normalized spacial score (nSPS) is 42.6. The van der Waals surface area contributed by atoms with Gasteiger partial charge in [0.1, 0.15) is 0 Å². The number of carbonyl (C=O) groups excluding carboxylic acids is 1. The Morgan fingerprint density at radius 1 is 1.12 bits per heavy atom. The Labute approximate surface area is 104 Å². The second kappa shape index (κ2) is 3.89. The second-order valence-corrected chi connectivity index (χ2v) is 6.87. The van der Waals surface area contributed by atoms with Crippen molar-refractivity contribution in [3.63, 3.8) is 0 Å². The van der Waals surface area contributed by atoms with Crippen LogP contribution in [0.2, 0.25) is 0 Å². The Bertz CT molecular complexity index is 289. The van der Waals surface area contributed by atoms with Crippen molar-refractivity contribution in [1.29, 1.82) is 0 Å². The predicted octanol–water partition coefficient (Wildman–Crippen LogP) is 2.90. The average Bonchev–Trinajstić information content (AvgIpc) is 2.24. The van der Waals surface area contributed by atoms with Crippen LogP contribution in [0.25, 0.3) is 0 Å². The molecule has 0 aliphatic heterocycles. The van der Waals surface area contributed by atoms with Crippen LogP contribution in [0.1, 0.15) is 38.5 Å². The monoisotopic (exact) mass is 237 g/mol. The number of nitrogens with zero attached hydrogens (tertiary/aromatic N) is 1. The Balaban J connectivity index is 1.64. The van der Waals surface area contributed by atoms with Crippen LogP contribution >= 0.6 is 0 Å². The molecule has 0 aromatic carbocycles. The van der Waals surface area contributed by atoms with Gasteiger partial charge in [-0.05, 0) is 56.3 Å². The van der Waals surface area contributed by atoms with Crippen LogP contribution in [0.5, 0.6) is 0 Å². The molecule has 0 aromatic heterocycles. The number of rotatable bonds is 2. The van der Waals surface area contributed by atoms with E-state index < -0.39 is 0 Å². The Kier molecular flexibility index (Phi) is 2.60. The van der Waals surface area contributed by atoms with E-state index in [0.29, 0.717) is 12.0 Å². The lowest BCUT2D eigenvalue weighted by molar-refractivity contribution is -0.0841. The van der Waals surface area contributed by atoms with Crippen LogP contribution in [-0.4, -0.2) is 31.7 Å². The molecule has 4 rings (SSSR count). The van der Waals surface area contributed by atoms with Crippen molar-refractivity contribution in [2.75, 3.05) is 20.7 Å². The third kappa shape index (κ3) is 2.04. The number of ether oxygens (including phenoxy) is 1. The minimum absolute atomic E-state index is 0.180. The molecule has 4 aliphatic rings. The molecule has 3 heteroatoms. The number of carbonyl (C=O) groups is 1. The number of amides is 1. The summed E-state index contributed by atoms with van der Waals surface area (Å²) in [5, 5.41) is 0. The van der Waals surface area contributed by atoms with E-state index in [1.54, 1.807) is 14.1 Å². The molecular formula is C14H23NO2. The fourth-order valence-electron chi connectivity index (χ4n) is 4.81. The number of hydrogen-bond donors (Lipinski definition) is 0. The fraction of sp³-hybridized carbons (Fsp3) is 0.929. The predicted molar refractivity (Wildman–Crippen MR) is 65.6 cm³/mol. The van der Waals surface area contributed by atoms with Crippen LogP contribution in [0, 0.1) is 23.2 Å². The third-order valence-corrected chi connectivity index (χ3v) is 5.03. The smallest absolute Gasteiger partial charge is 0.409 e. The number of hydrogen-bond acceptors (Lipinski definition) is 2. The Hall–Kier alpha value is -0.730. The molecule has 0 saturated heterocycles. The Morgan fingerprint density at radius 2 is 1.59 bits per heavy atom. The van der Waals surface area contributed by atoms with Crippen LogP contribution < -0.4 is 0 Å². The lowest BCUT2D eigenvalue weighted by Crippen LogP contribution is -2.48. The van der Waals surface area contributed by atoms with Crippen LogP contribution in [0.4, 0.5) is 4.79 Å². The first kappa shape index (κ1) is 11.4. The van der Waals surface area contributed by atoms with E-state index in [1.807, 2.05) is 0 Å². The summed E-state index contributed by atoms with van der Waals surface area (Å²) in [5.41, 5.74) is 0.348. The Morgan fingerprint density at radius 3 is 2.00 bits per heavy atom. The topological polar surface area (TPSA) is 29.5 Å². The summed E-state index contributed by atoms with van der Waals surface area (Å²) in [4.78, 5) is 13.1. The van der Waals surface area contributed by atoms with Gasteiger partial charge in [0.05, 0.1) is 6.61 Å². The first-order valence-electron chi connectivity index (χ1n) is 6.90.